The van der Waals surface area contributed by atoms with Gasteiger partial charge in [-0.1, -0.05) is 48.2 Å². The summed E-state index contributed by atoms with van der Waals surface area (Å²) in [5.74, 6) is 0.877. The van der Waals surface area contributed by atoms with Crippen LogP contribution in [0.4, 0.5) is 11.6 Å². The Morgan fingerprint density at radius 1 is 1.14 bits per heavy atom. The van der Waals surface area contributed by atoms with E-state index < -0.39 is 0 Å². The van der Waals surface area contributed by atoms with Crippen LogP contribution < -0.4 is 16.0 Å². The van der Waals surface area contributed by atoms with Crippen LogP contribution >= 0.6 is 23.2 Å². The molecule has 1 aromatic heterocycles. The van der Waals surface area contributed by atoms with Gasteiger partial charge < -0.3 is 20.7 Å². The van der Waals surface area contributed by atoms with Crippen molar-refractivity contribution in [2.45, 2.75) is 63.8 Å². The number of ether oxygens (including phenoxy) is 1. The molecule has 0 atom stereocenters. The molecular weight excluding hydrogens is 489 g/mol. The number of carbonyl (C=O) groups excluding carboxylic acids is 2. The Bertz CT molecular complexity index is 1040. The molecule has 0 aliphatic carbocycles. The standard InChI is InChI=1S/C25H33Cl2N5O3/c1-25(31-20(33)10-5-3-4-6-11-21(34)35-2)12-14-32(15-13-25)19-16-29-23(24(28)30-19)17-8-7-9-18(26)22(17)27/h7-9,16H,3-6,10-15H2,1-2H3,(H2,28,30)(H,31,33). The average molecular weight is 522 g/mol. The summed E-state index contributed by atoms with van der Waals surface area (Å²) in [4.78, 5) is 34.8. The van der Waals surface area contributed by atoms with Crippen LogP contribution in [0.25, 0.3) is 11.3 Å². The number of benzene rings is 1. The molecule has 1 fully saturated rings. The lowest BCUT2D eigenvalue weighted by Crippen LogP contribution is -2.53. The van der Waals surface area contributed by atoms with Gasteiger partial charge in [0.2, 0.25) is 5.91 Å². The Morgan fingerprint density at radius 3 is 2.49 bits per heavy atom. The minimum absolute atomic E-state index is 0.0701. The molecule has 0 spiro atoms. The van der Waals surface area contributed by atoms with Crippen molar-refractivity contribution >= 4 is 46.7 Å². The number of nitrogens with zero attached hydrogens (tertiary/aromatic N) is 3. The van der Waals surface area contributed by atoms with Gasteiger partial charge in [0.15, 0.2) is 5.82 Å². The van der Waals surface area contributed by atoms with Crippen LogP contribution in [0.15, 0.2) is 24.4 Å². The van der Waals surface area contributed by atoms with Gasteiger partial charge in [-0.3, -0.25) is 9.59 Å². The zero-order valence-corrected chi connectivity index (χ0v) is 21.8. The van der Waals surface area contributed by atoms with E-state index in [2.05, 4.69) is 31.8 Å². The number of unbranched alkanes of at least 4 members (excludes halogenated alkanes) is 3. The summed E-state index contributed by atoms with van der Waals surface area (Å²) in [5, 5.41) is 4.04. The SMILES string of the molecule is COC(=O)CCCCCCC(=O)NC1(C)CCN(c2cnc(-c3cccc(Cl)c3Cl)c(N)n2)CC1. The number of anilines is 2. The zero-order chi connectivity index (χ0) is 25.4. The van der Waals surface area contributed by atoms with Crippen LogP contribution in [0.2, 0.25) is 10.0 Å². The minimum Gasteiger partial charge on any atom is -0.469 e. The van der Waals surface area contributed by atoms with Gasteiger partial charge in [0, 0.05) is 37.0 Å². The maximum atomic E-state index is 12.5. The lowest BCUT2D eigenvalue weighted by Gasteiger charge is -2.40. The number of esters is 1. The molecule has 35 heavy (non-hydrogen) atoms. The molecule has 0 unspecified atom stereocenters. The number of hydrogen-bond acceptors (Lipinski definition) is 7. The molecule has 3 rings (SSSR count). The number of amides is 1. The highest BCUT2D eigenvalue weighted by atomic mass is 35.5. The van der Waals surface area contributed by atoms with Crippen molar-refractivity contribution in [2.75, 3.05) is 30.8 Å². The molecule has 0 radical (unpaired) electrons. The molecule has 1 saturated heterocycles. The van der Waals surface area contributed by atoms with E-state index in [0.29, 0.717) is 45.8 Å². The van der Waals surface area contributed by atoms with E-state index in [1.165, 1.54) is 7.11 Å². The number of nitrogens with two attached hydrogens (primary N) is 1. The van der Waals surface area contributed by atoms with Crippen LogP contribution in [-0.4, -0.2) is 47.6 Å². The molecule has 1 aliphatic rings. The summed E-state index contributed by atoms with van der Waals surface area (Å²) in [6.07, 6.45) is 7.66. The number of halogens is 2. The second kappa shape index (κ2) is 12.4. The highest BCUT2D eigenvalue weighted by Crippen LogP contribution is 2.35. The Labute approximate surface area is 216 Å². The van der Waals surface area contributed by atoms with Crippen molar-refractivity contribution in [1.29, 1.82) is 0 Å². The normalized spacial score (nSPS) is 15.0. The minimum atomic E-state index is -0.258. The van der Waals surface area contributed by atoms with E-state index in [4.69, 9.17) is 28.9 Å². The Balaban J connectivity index is 1.47. The third-order valence-corrected chi connectivity index (χ3v) is 7.21. The third kappa shape index (κ3) is 7.45. The maximum Gasteiger partial charge on any atom is 0.305 e. The Kier molecular flexibility index (Phi) is 9.57. The Hall–Kier alpha value is -2.58. The molecule has 8 nitrogen and oxygen atoms in total. The van der Waals surface area contributed by atoms with E-state index in [-0.39, 0.29) is 17.4 Å². The number of aromatic nitrogens is 2. The van der Waals surface area contributed by atoms with Gasteiger partial charge >= 0.3 is 5.97 Å². The summed E-state index contributed by atoms with van der Waals surface area (Å²) in [6.45, 7) is 3.55. The summed E-state index contributed by atoms with van der Waals surface area (Å²) in [6, 6.07) is 5.32. The molecular formula is C25H33Cl2N5O3. The van der Waals surface area contributed by atoms with Gasteiger partial charge in [-0.05, 0) is 38.7 Å². The van der Waals surface area contributed by atoms with Gasteiger partial charge in [0.1, 0.15) is 11.5 Å². The summed E-state index contributed by atoms with van der Waals surface area (Å²) in [7, 11) is 1.40. The fraction of sp³-hybridized carbons (Fsp3) is 0.520. The lowest BCUT2D eigenvalue weighted by atomic mass is 9.89. The molecule has 3 N–H and O–H groups in total. The summed E-state index contributed by atoms with van der Waals surface area (Å²) >= 11 is 12.4. The molecule has 1 amide bonds. The van der Waals surface area contributed by atoms with Crippen LogP contribution in [-0.2, 0) is 14.3 Å². The second-order valence-corrected chi connectivity index (χ2v) is 9.93. The van der Waals surface area contributed by atoms with Gasteiger partial charge in [0.05, 0.1) is 23.4 Å². The molecule has 10 heteroatoms. The molecule has 1 aromatic carbocycles. The fourth-order valence-electron chi connectivity index (χ4n) is 4.20. The number of rotatable bonds is 10. The molecule has 0 bridgehead atoms. The first kappa shape index (κ1) is 27.0. The van der Waals surface area contributed by atoms with E-state index in [9.17, 15) is 9.59 Å². The highest BCUT2D eigenvalue weighted by molar-refractivity contribution is 6.43. The van der Waals surface area contributed by atoms with Crippen molar-refractivity contribution in [3.8, 4) is 11.3 Å². The van der Waals surface area contributed by atoms with Crippen LogP contribution in [0.1, 0.15) is 58.3 Å². The summed E-state index contributed by atoms with van der Waals surface area (Å²) in [5.41, 5.74) is 7.10. The van der Waals surface area contributed by atoms with Crippen molar-refractivity contribution in [3.63, 3.8) is 0 Å². The van der Waals surface area contributed by atoms with Crippen LogP contribution in [0.3, 0.4) is 0 Å². The molecule has 1 aliphatic heterocycles. The van der Waals surface area contributed by atoms with Crippen LogP contribution in [0.5, 0.6) is 0 Å². The van der Waals surface area contributed by atoms with Crippen molar-refractivity contribution in [1.82, 2.24) is 15.3 Å². The van der Waals surface area contributed by atoms with E-state index in [1.54, 1.807) is 18.3 Å². The number of carbonyl (C=O) groups is 2. The van der Waals surface area contributed by atoms with Gasteiger partial charge in [-0.15, -0.1) is 0 Å². The topological polar surface area (TPSA) is 110 Å². The molecule has 2 aromatic rings. The van der Waals surface area contributed by atoms with Gasteiger partial charge in [-0.2, -0.15) is 0 Å². The van der Waals surface area contributed by atoms with Gasteiger partial charge in [-0.25, -0.2) is 9.97 Å². The first-order valence-corrected chi connectivity index (χ1v) is 12.7. The predicted octanol–water partition coefficient (Wildman–Crippen LogP) is 5.02. The van der Waals surface area contributed by atoms with Crippen LogP contribution in [0, 0.1) is 0 Å². The molecule has 0 saturated carbocycles. The number of piperidine rings is 1. The van der Waals surface area contributed by atoms with E-state index >= 15 is 0 Å². The smallest absolute Gasteiger partial charge is 0.305 e. The number of methoxy groups -OCH3 is 1. The number of nitrogens with one attached hydrogen (secondary N) is 1. The van der Waals surface area contributed by atoms with Crippen molar-refractivity contribution in [2.24, 2.45) is 0 Å². The molecule has 190 valence electrons. The first-order chi connectivity index (χ1) is 16.7. The quantitative estimate of drug-likeness (QED) is 0.333. The van der Waals surface area contributed by atoms with Crippen molar-refractivity contribution < 1.29 is 14.3 Å². The highest BCUT2D eigenvalue weighted by Gasteiger charge is 2.32. The average Bonchev–Trinajstić information content (AvgIpc) is 2.83. The Morgan fingerprint density at radius 2 is 1.83 bits per heavy atom. The van der Waals surface area contributed by atoms with Crippen molar-refractivity contribution in [3.05, 3.63) is 34.4 Å². The predicted molar refractivity (Wildman–Crippen MR) is 140 cm³/mol. The lowest BCUT2D eigenvalue weighted by molar-refractivity contribution is -0.140. The fourth-order valence-corrected chi connectivity index (χ4v) is 4.59. The summed E-state index contributed by atoms with van der Waals surface area (Å²) < 4.78 is 4.63. The molecule has 2 heterocycles. The first-order valence-electron chi connectivity index (χ1n) is 11.9. The largest absolute Gasteiger partial charge is 0.469 e. The number of nitrogen functional groups attached to an aromatic ring is 1. The number of hydrogen-bond donors (Lipinski definition) is 2. The third-order valence-electron chi connectivity index (χ3n) is 6.39. The van der Waals surface area contributed by atoms with E-state index in [1.807, 2.05) is 6.07 Å². The zero-order valence-electron chi connectivity index (χ0n) is 20.3. The monoisotopic (exact) mass is 521 g/mol. The van der Waals surface area contributed by atoms with E-state index in [0.717, 1.165) is 51.6 Å². The maximum absolute atomic E-state index is 12.5. The second-order valence-electron chi connectivity index (χ2n) is 9.15. The van der Waals surface area contributed by atoms with Gasteiger partial charge in [0.25, 0.3) is 0 Å².